The van der Waals surface area contributed by atoms with E-state index in [1.54, 1.807) is 0 Å². The van der Waals surface area contributed by atoms with E-state index in [-0.39, 0.29) is 12.1 Å². The van der Waals surface area contributed by atoms with Gasteiger partial charge in [-0.3, -0.25) is 14.7 Å². The van der Waals surface area contributed by atoms with Gasteiger partial charge in [0.1, 0.15) is 5.92 Å². The largest absolute Gasteiger partial charge is 0.435 e. The minimum atomic E-state index is -4.58. The molecule has 86 valence electrons. The number of carbonyl (C=O) groups excluding carboxylic acids is 2. The van der Waals surface area contributed by atoms with Crippen LogP contribution in [0.3, 0.4) is 0 Å². The Balaban J connectivity index is 2.26. The summed E-state index contributed by atoms with van der Waals surface area (Å²) in [7, 11) is 0. The van der Waals surface area contributed by atoms with Gasteiger partial charge in [-0.05, 0) is 6.07 Å². The number of ether oxygens (including phenoxy) is 1. The molecule has 0 bridgehead atoms. The number of cyclic esters (lactones) is 2. The number of nitrogens with one attached hydrogen (secondary N) is 1. The van der Waals surface area contributed by atoms with Gasteiger partial charge in [-0.2, -0.15) is 18.3 Å². The maximum atomic E-state index is 12.2. The van der Waals surface area contributed by atoms with Crippen molar-refractivity contribution in [2.75, 3.05) is 0 Å². The van der Waals surface area contributed by atoms with Crippen LogP contribution in [0.5, 0.6) is 0 Å². The monoisotopic (exact) mass is 234 g/mol. The van der Waals surface area contributed by atoms with Crippen LogP contribution in [-0.4, -0.2) is 22.1 Å². The molecule has 1 aromatic rings. The molecule has 2 heterocycles. The molecule has 0 aromatic carbocycles. The molecule has 0 amide bonds. The number of esters is 2. The number of rotatable bonds is 1. The molecule has 1 aliphatic heterocycles. The van der Waals surface area contributed by atoms with E-state index in [1.807, 2.05) is 0 Å². The third-order valence-electron chi connectivity index (χ3n) is 2.13. The predicted molar refractivity (Wildman–Crippen MR) is 42.0 cm³/mol. The molecule has 16 heavy (non-hydrogen) atoms. The SMILES string of the molecule is O=C1CC(c2cc(C(F)(F)F)n[nH]2)C(=O)O1. The van der Waals surface area contributed by atoms with E-state index >= 15 is 0 Å². The van der Waals surface area contributed by atoms with E-state index in [1.165, 1.54) is 0 Å². The molecule has 0 saturated carbocycles. The fourth-order valence-electron chi connectivity index (χ4n) is 1.37. The summed E-state index contributed by atoms with van der Waals surface area (Å²) in [6, 6.07) is 0.699. The quantitative estimate of drug-likeness (QED) is 0.580. The average molecular weight is 234 g/mol. The summed E-state index contributed by atoms with van der Waals surface area (Å²) in [5, 5.41) is 5.10. The number of H-pyrrole nitrogens is 1. The van der Waals surface area contributed by atoms with Crippen LogP contribution >= 0.6 is 0 Å². The van der Waals surface area contributed by atoms with Crippen molar-refractivity contribution in [3.05, 3.63) is 17.5 Å². The Labute approximate surface area is 86.6 Å². The molecule has 2 rings (SSSR count). The molecule has 0 radical (unpaired) electrons. The molecular weight excluding hydrogens is 229 g/mol. The average Bonchev–Trinajstić information content (AvgIpc) is 2.70. The van der Waals surface area contributed by atoms with Gasteiger partial charge in [0.15, 0.2) is 5.69 Å². The molecule has 1 unspecified atom stereocenters. The number of halogens is 3. The van der Waals surface area contributed by atoms with Crippen LogP contribution in [-0.2, 0) is 20.5 Å². The Bertz CT molecular complexity index is 452. The van der Waals surface area contributed by atoms with E-state index in [9.17, 15) is 22.8 Å². The van der Waals surface area contributed by atoms with Crippen LogP contribution in [0.15, 0.2) is 6.07 Å². The Kier molecular flexibility index (Phi) is 2.21. The van der Waals surface area contributed by atoms with Gasteiger partial charge in [-0.15, -0.1) is 0 Å². The zero-order valence-corrected chi connectivity index (χ0v) is 7.67. The lowest BCUT2D eigenvalue weighted by Gasteiger charge is -2.00. The zero-order valence-electron chi connectivity index (χ0n) is 7.67. The van der Waals surface area contributed by atoms with Crippen LogP contribution in [0.2, 0.25) is 0 Å². The summed E-state index contributed by atoms with van der Waals surface area (Å²) in [6.07, 6.45) is -4.85. The van der Waals surface area contributed by atoms with Crippen LogP contribution in [0.1, 0.15) is 23.7 Å². The molecule has 1 fully saturated rings. The van der Waals surface area contributed by atoms with Gasteiger partial charge < -0.3 is 4.74 Å². The molecule has 1 aliphatic rings. The minimum absolute atomic E-state index is 0.0665. The molecule has 1 saturated heterocycles. The lowest BCUT2D eigenvalue weighted by Crippen LogP contribution is -2.06. The number of nitrogens with zero attached hydrogens (tertiary/aromatic N) is 1. The normalized spacial score (nSPS) is 21.3. The first-order valence-corrected chi connectivity index (χ1v) is 4.25. The fraction of sp³-hybridized carbons (Fsp3) is 0.375. The number of hydrogen-bond donors (Lipinski definition) is 1. The summed E-state index contributed by atoms with van der Waals surface area (Å²) >= 11 is 0. The van der Waals surface area contributed by atoms with Gasteiger partial charge in [0.2, 0.25) is 0 Å². The highest BCUT2D eigenvalue weighted by molar-refractivity contribution is 5.97. The Morgan fingerprint density at radius 1 is 1.44 bits per heavy atom. The lowest BCUT2D eigenvalue weighted by atomic mass is 10.0. The summed E-state index contributed by atoms with van der Waals surface area (Å²) in [6.45, 7) is 0. The van der Waals surface area contributed by atoms with Crippen molar-refractivity contribution in [3.8, 4) is 0 Å². The summed E-state index contributed by atoms with van der Waals surface area (Å²) in [5.41, 5.74) is -1.20. The summed E-state index contributed by atoms with van der Waals surface area (Å²) < 4.78 is 40.8. The molecule has 1 aromatic heterocycles. The zero-order chi connectivity index (χ0) is 11.9. The van der Waals surface area contributed by atoms with Crippen molar-refractivity contribution >= 4 is 11.9 Å². The van der Waals surface area contributed by atoms with E-state index < -0.39 is 29.7 Å². The molecular formula is C8H5F3N2O3. The molecule has 0 aliphatic carbocycles. The van der Waals surface area contributed by atoms with E-state index in [4.69, 9.17) is 0 Å². The van der Waals surface area contributed by atoms with Crippen molar-refractivity contribution in [1.82, 2.24) is 10.2 Å². The first kappa shape index (κ1) is 10.7. The second-order valence-corrected chi connectivity index (χ2v) is 3.26. The lowest BCUT2D eigenvalue weighted by molar-refractivity contribution is -0.152. The van der Waals surface area contributed by atoms with Gasteiger partial charge in [0.25, 0.3) is 0 Å². The van der Waals surface area contributed by atoms with Crippen LogP contribution in [0.4, 0.5) is 13.2 Å². The third kappa shape index (κ3) is 1.77. The topological polar surface area (TPSA) is 72.0 Å². The van der Waals surface area contributed by atoms with E-state index in [2.05, 4.69) is 14.9 Å². The highest BCUT2D eigenvalue weighted by atomic mass is 19.4. The fourth-order valence-corrected chi connectivity index (χ4v) is 1.37. The smallest absolute Gasteiger partial charge is 0.393 e. The van der Waals surface area contributed by atoms with Crippen molar-refractivity contribution in [2.24, 2.45) is 0 Å². The molecule has 1 atom stereocenters. The molecule has 1 N–H and O–H groups in total. The Hall–Kier alpha value is -1.86. The van der Waals surface area contributed by atoms with E-state index in [0.717, 1.165) is 0 Å². The Morgan fingerprint density at radius 3 is 2.56 bits per heavy atom. The van der Waals surface area contributed by atoms with Gasteiger partial charge >= 0.3 is 18.1 Å². The molecule has 0 spiro atoms. The Morgan fingerprint density at radius 2 is 2.12 bits per heavy atom. The van der Waals surface area contributed by atoms with Gasteiger partial charge in [0, 0.05) is 0 Å². The summed E-state index contributed by atoms with van der Waals surface area (Å²) in [5.74, 6) is -2.63. The first-order chi connectivity index (χ1) is 7.38. The molecule has 8 heteroatoms. The third-order valence-corrected chi connectivity index (χ3v) is 2.13. The number of aromatic nitrogens is 2. The maximum absolute atomic E-state index is 12.2. The molecule has 5 nitrogen and oxygen atoms in total. The summed E-state index contributed by atoms with van der Waals surface area (Å²) in [4.78, 5) is 21.8. The van der Waals surface area contributed by atoms with E-state index in [0.29, 0.717) is 6.07 Å². The van der Waals surface area contributed by atoms with Crippen LogP contribution in [0, 0.1) is 0 Å². The van der Waals surface area contributed by atoms with Crippen molar-refractivity contribution in [2.45, 2.75) is 18.5 Å². The highest BCUT2D eigenvalue weighted by Crippen LogP contribution is 2.32. The van der Waals surface area contributed by atoms with Crippen LogP contribution < -0.4 is 0 Å². The maximum Gasteiger partial charge on any atom is 0.435 e. The number of alkyl halides is 3. The van der Waals surface area contributed by atoms with Gasteiger partial charge in [-0.1, -0.05) is 0 Å². The first-order valence-electron chi connectivity index (χ1n) is 4.25. The van der Waals surface area contributed by atoms with Crippen LogP contribution in [0.25, 0.3) is 0 Å². The second kappa shape index (κ2) is 3.32. The number of carbonyl (C=O) groups is 2. The van der Waals surface area contributed by atoms with Gasteiger partial charge in [-0.25, -0.2) is 0 Å². The second-order valence-electron chi connectivity index (χ2n) is 3.26. The predicted octanol–water partition coefficient (Wildman–Crippen LogP) is 0.986. The minimum Gasteiger partial charge on any atom is -0.393 e. The van der Waals surface area contributed by atoms with Crippen molar-refractivity contribution in [1.29, 1.82) is 0 Å². The number of hydrogen-bond acceptors (Lipinski definition) is 4. The number of aromatic amines is 1. The van der Waals surface area contributed by atoms with Gasteiger partial charge in [0.05, 0.1) is 12.1 Å². The highest BCUT2D eigenvalue weighted by Gasteiger charge is 2.39. The standard InChI is InChI=1S/C8H5F3N2O3/c9-8(10,11)5-2-4(12-13-5)3-1-6(14)16-7(3)15/h2-3H,1H2,(H,12,13). The van der Waals surface area contributed by atoms with Crippen molar-refractivity contribution < 1.29 is 27.5 Å². The van der Waals surface area contributed by atoms with Crippen molar-refractivity contribution in [3.63, 3.8) is 0 Å².